The lowest BCUT2D eigenvalue weighted by molar-refractivity contribution is -0.138. The fourth-order valence-electron chi connectivity index (χ4n) is 1.69. The molecule has 0 aromatic heterocycles. The normalized spacial score (nSPS) is 10.9. The van der Waals surface area contributed by atoms with E-state index in [9.17, 15) is 9.59 Å². The number of amides is 1. The van der Waals surface area contributed by atoms with Crippen LogP contribution in [0.3, 0.4) is 0 Å². The molecule has 0 saturated heterocycles. The molecule has 108 valence electrons. The van der Waals surface area contributed by atoms with Crippen LogP contribution in [-0.4, -0.2) is 39.6 Å². The molecule has 5 nitrogen and oxygen atoms in total. The largest absolute Gasteiger partial charge is 0.508 e. The molecule has 0 spiro atoms. The van der Waals surface area contributed by atoms with Gasteiger partial charge in [0, 0.05) is 18.7 Å². The highest BCUT2D eigenvalue weighted by Gasteiger charge is 2.15. The number of carbonyl (C=O) groups is 2. The number of carbonyl (C=O) groups excluding carboxylic acids is 1. The second-order valence-electron chi connectivity index (χ2n) is 4.69. The van der Waals surface area contributed by atoms with E-state index in [0.717, 1.165) is 5.56 Å². The minimum absolute atomic E-state index is 0.0636. The zero-order valence-electron chi connectivity index (χ0n) is 11.6. The summed E-state index contributed by atoms with van der Waals surface area (Å²) in [6.07, 6.45) is 2.98. The summed E-state index contributed by atoms with van der Waals surface area (Å²) in [7, 11) is 0. The van der Waals surface area contributed by atoms with Crippen LogP contribution in [-0.2, 0) is 9.59 Å². The lowest BCUT2D eigenvalue weighted by atomic mass is 10.2. The second kappa shape index (κ2) is 7.33. The van der Waals surface area contributed by atoms with Crippen LogP contribution in [0.25, 0.3) is 6.08 Å². The molecule has 1 amide bonds. The summed E-state index contributed by atoms with van der Waals surface area (Å²) in [6, 6.07) is 6.39. The SMILES string of the molecule is CC(C)N(CCC(=O)O)C(=O)/C=C/c1ccc(O)cc1. The number of hydrogen-bond donors (Lipinski definition) is 2. The van der Waals surface area contributed by atoms with E-state index >= 15 is 0 Å². The average molecular weight is 277 g/mol. The molecule has 2 N–H and O–H groups in total. The van der Waals surface area contributed by atoms with Gasteiger partial charge in [0.25, 0.3) is 0 Å². The van der Waals surface area contributed by atoms with Crippen LogP contribution >= 0.6 is 0 Å². The quantitative estimate of drug-likeness (QED) is 0.781. The van der Waals surface area contributed by atoms with Crippen molar-refractivity contribution in [2.24, 2.45) is 0 Å². The molecular formula is C15H19NO4. The van der Waals surface area contributed by atoms with Gasteiger partial charge in [-0.15, -0.1) is 0 Å². The molecule has 0 fully saturated rings. The maximum absolute atomic E-state index is 12.0. The van der Waals surface area contributed by atoms with Crippen LogP contribution in [0.15, 0.2) is 30.3 Å². The first kappa shape index (κ1) is 15.8. The van der Waals surface area contributed by atoms with Crippen molar-refractivity contribution >= 4 is 18.0 Å². The van der Waals surface area contributed by atoms with Crippen molar-refractivity contribution in [3.8, 4) is 5.75 Å². The number of phenolic OH excluding ortho intramolecular Hbond substituents is 1. The molecule has 0 heterocycles. The van der Waals surface area contributed by atoms with Gasteiger partial charge in [-0.1, -0.05) is 12.1 Å². The highest BCUT2D eigenvalue weighted by molar-refractivity contribution is 5.92. The van der Waals surface area contributed by atoms with E-state index in [2.05, 4.69) is 0 Å². The highest BCUT2D eigenvalue weighted by atomic mass is 16.4. The number of hydrogen-bond acceptors (Lipinski definition) is 3. The van der Waals surface area contributed by atoms with Crippen LogP contribution in [0.2, 0.25) is 0 Å². The first-order valence-corrected chi connectivity index (χ1v) is 6.39. The number of benzene rings is 1. The van der Waals surface area contributed by atoms with Crippen molar-refractivity contribution < 1.29 is 19.8 Å². The van der Waals surface area contributed by atoms with Crippen LogP contribution < -0.4 is 0 Å². The zero-order chi connectivity index (χ0) is 15.1. The van der Waals surface area contributed by atoms with Gasteiger partial charge in [0.15, 0.2) is 0 Å². The van der Waals surface area contributed by atoms with E-state index in [1.807, 2.05) is 13.8 Å². The first-order chi connectivity index (χ1) is 9.40. The van der Waals surface area contributed by atoms with Gasteiger partial charge in [-0.2, -0.15) is 0 Å². The van der Waals surface area contributed by atoms with Gasteiger partial charge in [0.2, 0.25) is 5.91 Å². The van der Waals surface area contributed by atoms with Crippen molar-refractivity contribution in [2.75, 3.05) is 6.54 Å². The van der Waals surface area contributed by atoms with Gasteiger partial charge in [0.1, 0.15) is 5.75 Å². The molecule has 1 aromatic carbocycles. The molecule has 1 aromatic rings. The Morgan fingerprint density at radius 1 is 1.25 bits per heavy atom. The van der Waals surface area contributed by atoms with E-state index in [1.165, 1.54) is 23.1 Å². The zero-order valence-corrected chi connectivity index (χ0v) is 11.6. The third-order valence-corrected chi connectivity index (χ3v) is 2.78. The van der Waals surface area contributed by atoms with Crippen molar-refractivity contribution in [2.45, 2.75) is 26.3 Å². The summed E-state index contributed by atoms with van der Waals surface area (Å²) < 4.78 is 0. The Morgan fingerprint density at radius 2 is 1.85 bits per heavy atom. The smallest absolute Gasteiger partial charge is 0.305 e. The molecular weight excluding hydrogens is 258 g/mol. The van der Waals surface area contributed by atoms with E-state index in [4.69, 9.17) is 10.2 Å². The number of rotatable bonds is 6. The number of phenols is 1. The Bertz CT molecular complexity index is 491. The van der Waals surface area contributed by atoms with Gasteiger partial charge < -0.3 is 15.1 Å². The molecule has 0 unspecified atom stereocenters. The minimum Gasteiger partial charge on any atom is -0.508 e. The topological polar surface area (TPSA) is 77.8 Å². The maximum Gasteiger partial charge on any atom is 0.305 e. The predicted molar refractivity (Wildman–Crippen MR) is 76.2 cm³/mol. The Kier molecular flexibility index (Phi) is 5.77. The fraction of sp³-hybridized carbons (Fsp3) is 0.333. The lowest BCUT2D eigenvalue weighted by Gasteiger charge is -2.24. The van der Waals surface area contributed by atoms with Crippen LogP contribution in [0.4, 0.5) is 0 Å². The fourth-order valence-corrected chi connectivity index (χ4v) is 1.69. The number of aromatic hydroxyl groups is 1. The molecule has 0 atom stereocenters. The minimum atomic E-state index is -0.925. The highest BCUT2D eigenvalue weighted by Crippen LogP contribution is 2.11. The van der Waals surface area contributed by atoms with Gasteiger partial charge in [-0.25, -0.2) is 0 Å². The molecule has 0 aliphatic carbocycles. The van der Waals surface area contributed by atoms with Gasteiger partial charge in [-0.05, 0) is 37.6 Å². The third-order valence-electron chi connectivity index (χ3n) is 2.78. The first-order valence-electron chi connectivity index (χ1n) is 6.39. The van der Waals surface area contributed by atoms with Crippen LogP contribution in [0.5, 0.6) is 5.75 Å². The molecule has 0 aliphatic rings. The third kappa shape index (κ3) is 5.14. The molecule has 5 heteroatoms. The standard InChI is InChI=1S/C15H19NO4/c1-11(2)16(10-9-15(19)20)14(18)8-5-12-3-6-13(17)7-4-12/h3-8,11,17H,9-10H2,1-2H3,(H,19,20)/b8-5+. The second-order valence-corrected chi connectivity index (χ2v) is 4.69. The molecule has 0 saturated carbocycles. The Labute approximate surface area is 118 Å². The van der Waals surface area contributed by atoms with Gasteiger partial charge in [0.05, 0.1) is 6.42 Å². The molecule has 0 aliphatic heterocycles. The summed E-state index contributed by atoms with van der Waals surface area (Å²) in [4.78, 5) is 24.1. The molecule has 1 rings (SSSR count). The number of nitrogens with zero attached hydrogens (tertiary/aromatic N) is 1. The Balaban J connectivity index is 2.70. The molecule has 0 radical (unpaired) electrons. The van der Waals surface area contributed by atoms with Crippen molar-refractivity contribution in [1.82, 2.24) is 4.90 Å². The number of aliphatic carboxylic acids is 1. The van der Waals surface area contributed by atoms with Gasteiger partial charge >= 0.3 is 5.97 Å². The molecule has 0 bridgehead atoms. The van der Waals surface area contributed by atoms with E-state index < -0.39 is 5.97 Å². The summed E-state index contributed by atoms with van der Waals surface area (Å²) in [5.41, 5.74) is 0.790. The maximum atomic E-state index is 12.0. The monoisotopic (exact) mass is 277 g/mol. The summed E-state index contributed by atoms with van der Waals surface area (Å²) in [5, 5.41) is 17.8. The lowest BCUT2D eigenvalue weighted by Crippen LogP contribution is -2.37. The predicted octanol–water partition coefficient (Wildman–Crippen LogP) is 2.12. The van der Waals surface area contributed by atoms with E-state index in [-0.39, 0.29) is 30.7 Å². The summed E-state index contributed by atoms with van der Waals surface area (Å²) in [6.45, 7) is 3.87. The number of carboxylic acids is 1. The van der Waals surface area contributed by atoms with E-state index in [0.29, 0.717) is 0 Å². The van der Waals surface area contributed by atoms with Crippen LogP contribution in [0, 0.1) is 0 Å². The summed E-state index contributed by atoms with van der Waals surface area (Å²) in [5.74, 6) is -0.987. The van der Waals surface area contributed by atoms with Crippen molar-refractivity contribution in [1.29, 1.82) is 0 Å². The molecule has 20 heavy (non-hydrogen) atoms. The summed E-state index contributed by atoms with van der Waals surface area (Å²) >= 11 is 0. The van der Waals surface area contributed by atoms with Crippen molar-refractivity contribution in [3.05, 3.63) is 35.9 Å². The van der Waals surface area contributed by atoms with E-state index in [1.54, 1.807) is 18.2 Å². The number of carboxylic acid groups (broad SMARTS) is 1. The van der Waals surface area contributed by atoms with Crippen molar-refractivity contribution in [3.63, 3.8) is 0 Å². The van der Waals surface area contributed by atoms with Crippen LogP contribution in [0.1, 0.15) is 25.8 Å². The average Bonchev–Trinajstić information content (AvgIpc) is 2.37. The Morgan fingerprint density at radius 3 is 2.35 bits per heavy atom. The van der Waals surface area contributed by atoms with Gasteiger partial charge in [-0.3, -0.25) is 9.59 Å². The Hall–Kier alpha value is -2.30.